The molecule has 0 atom stereocenters. The molecule has 0 bridgehead atoms. The number of nitrogens with zero attached hydrogens (tertiary/aromatic N) is 3. The summed E-state index contributed by atoms with van der Waals surface area (Å²) in [4.78, 5) is 18.3. The van der Waals surface area contributed by atoms with E-state index in [0.29, 0.717) is 23.7 Å². The molecule has 0 aliphatic heterocycles. The zero-order chi connectivity index (χ0) is 16.2. The first-order chi connectivity index (χ1) is 11.1. The Labute approximate surface area is 133 Å². The Kier molecular flexibility index (Phi) is 4.09. The van der Waals surface area contributed by atoms with Gasteiger partial charge < -0.3 is 14.6 Å². The van der Waals surface area contributed by atoms with Gasteiger partial charge in [0, 0.05) is 32.9 Å². The van der Waals surface area contributed by atoms with Crippen LogP contribution in [-0.2, 0) is 6.54 Å². The van der Waals surface area contributed by atoms with Gasteiger partial charge in [-0.15, -0.1) is 0 Å². The van der Waals surface area contributed by atoms with Crippen LogP contribution in [0.25, 0.3) is 11.5 Å². The first-order valence-corrected chi connectivity index (χ1v) is 7.13. The summed E-state index contributed by atoms with van der Waals surface area (Å²) in [5.74, 6) is 1.26. The Balaban J connectivity index is 1.61. The molecule has 0 unspecified atom stereocenters. The lowest BCUT2D eigenvalue weighted by atomic mass is 10.2. The van der Waals surface area contributed by atoms with Crippen molar-refractivity contribution in [2.75, 3.05) is 19.0 Å². The molecule has 0 aliphatic rings. The molecule has 0 spiro atoms. The highest BCUT2D eigenvalue weighted by atomic mass is 16.3. The fourth-order valence-corrected chi connectivity index (χ4v) is 2.05. The second-order valence-electron chi connectivity index (χ2n) is 5.25. The number of hydrogen-bond donors (Lipinski definition) is 2. The summed E-state index contributed by atoms with van der Waals surface area (Å²) in [6.45, 7) is 0.391. The van der Waals surface area contributed by atoms with E-state index >= 15 is 0 Å². The van der Waals surface area contributed by atoms with Crippen LogP contribution in [0.4, 0.5) is 5.82 Å². The monoisotopic (exact) mass is 311 g/mol. The number of carbonyl (C=O) groups excluding carboxylic acids is 1. The zero-order valence-electron chi connectivity index (χ0n) is 12.9. The van der Waals surface area contributed by atoms with Crippen LogP contribution in [0, 0.1) is 0 Å². The Hall–Kier alpha value is -3.09. The highest BCUT2D eigenvalue weighted by Crippen LogP contribution is 2.17. The van der Waals surface area contributed by atoms with Crippen molar-refractivity contribution in [2.45, 2.75) is 6.54 Å². The van der Waals surface area contributed by atoms with E-state index < -0.39 is 0 Å². The van der Waals surface area contributed by atoms with Gasteiger partial charge in [0.2, 0.25) is 0 Å². The molecule has 3 aromatic heterocycles. The molecule has 0 radical (unpaired) electrons. The third-order valence-corrected chi connectivity index (χ3v) is 3.32. The van der Waals surface area contributed by atoms with Crippen molar-refractivity contribution in [2.24, 2.45) is 0 Å². The number of aromatic amines is 1. The molecule has 1 amide bonds. The van der Waals surface area contributed by atoms with Crippen LogP contribution in [0.2, 0.25) is 0 Å². The fraction of sp³-hybridized carbons (Fsp3) is 0.188. The van der Waals surface area contributed by atoms with E-state index in [9.17, 15) is 4.79 Å². The van der Waals surface area contributed by atoms with Crippen molar-refractivity contribution in [1.29, 1.82) is 0 Å². The summed E-state index contributed by atoms with van der Waals surface area (Å²) in [6.07, 6.45) is 3.31. The number of anilines is 1. The van der Waals surface area contributed by atoms with Gasteiger partial charge in [0.05, 0.1) is 6.26 Å². The number of aromatic nitrogens is 3. The van der Waals surface area contributed by atoms with Gasteiger partial charge in [-0.1, -0.05) is 6.07 Å². The number of furan rings is 1. The lowest BCUT2D eigenvalue weighted by Crippen LogP contribution is -2.23. The van der Waals surface area contributed by atoms with Crippen molar-refractivity contribution in [3.63, 3.8) is 0 Å². The van der Waals surface area contributed by atoms with Crippen molar-refractivity contribution in [3.05, 3.63) is 54.0 Å². The van der Waals surface area contributed by atoms with Crippen LogP contribution >= 0.6 is 0 Å². The smallest absolute Gasteiger partial charge is 0.272 e. The third kappa shape index (κ3) is 3.39. The van der Waals surface area contributed by atoms with Gasteiger partial charge >= 0.3 is 0 Å². The van der Waals surface area contributed by atoms with E-state index in [1.54, 1.807) is 30.7 Å². The van der Waals surface area contributed by atoms with Crippen LogP contribution in [0.3, 0.4) is 0 Å². The van der Waals surface area contributed by atoms with E-state index in [4.69, 9.17) is 4.42 Å². The molecule has 23 heavy (non-hydrogen) atoms. The van der Waals surface area contributed by atoms with Crippen LogP contribution < -0.4 is 10.2 Å². The molecule has 3 aromatic rings. The second kappa shape index (κ2) is 6.35. The summed E-state index contributed by atoms with van der Waals surface area (Å²) >= 11 is 0. The number of carbonyl (C=O) groups is 1. The van der Waals surface area contributed by atoms with Gasteiger partial charge in [-0.05, 0) is 23.8 Å². The van der Waals surface area contributed by atoms with Gasteiger partial charge in [0.1, 0.15) is 11.5 Å². The maximum Gasteiger partial charge on any atom is 0.272 e. The number of pyridine rings is 1. The minimum atomic E-state index is -0.254. The average Bonchev–Trinajstić information content (AvgIpc) is 3.23. The molecule has 3 heterocycles. The first kappa shape index (κ1) is 14.8. The highest BCUT2D eigenvalue weighted by molar-refractivity contribution is 5.93. The predicted molar refractivity (Wildman–Crippen MR) is 86.0 cm³/mol. The van der Waals surface area contributed by atoms with E-state index in [1.807, 2.05) is 31.1 Å². The minimum absolute atomic E-state index is 0.254. The van der Waals surface area contributed by atoms with Gasteiger partial charge in [-0.25, -0.2) is 4.98 Å². The molecular formula is C16H17N5O2. The molecule has 2 N–H and O–H groups in total. The molecule has 0 aliphatic carbocycles. The van der Waals surface area contributed by atoms with Gasteiger partial charge in [-0.3, -0.25) is 9.89 Å². The molecule has 0 saturated carbocycles. The summed E-state index contributed by atoms with van der Waals surface area (Å²) in [6, 6.07) is 9.07. The maximum absolute atomic E-state index is 12.1. The topological polar surface area (TPSA) is 87.0 Å². The molecule has 0 saturated heterocycles. The highest BCUT2D eigenvalue weighted by Gasteiger charge is 2.12. The standard InChI is InChI=1S/C16H17N5O2/c1-21(2)15-6-5-11(9-17-15)10-18-16(22)13-8-12(19-20-13)14-4-3-7-23-14/h3-9H,10H2,1-2H3,(H,18,22)(H,19,20). The van der Waals surface area contributed by atoms with Gasteiger partial charge in [0.25, 0.3) is 5.91 Å². The van der Waals surface area contributed by atoms with E-state index in [1.165, 1.54) is 0 Å². The Morgan fingerprint density at radius 3 is 2.87 bits per heavy atom. The summed E-state index contributed by atoms with van der Waals surface area (Å²) in [5, 5.41) is 9.60. The van der Waals surface area contributed by atoms with E-state index in [-0.39, 0.29) is 5.91 Å². The van der Waals surface area contributed by atoms with Crippen molar-refractivity contribution in [1.82, 2.24) is 20.5 Å². The fourth-order valence-electron chi connectivity index (χ4n) is 2.05. The molecule has 3 rings (SSSR count). The third-order valence-electron chi connectivity index (χ3n) is 3.32. The number of hydrogen-bond acceptors (Lipinski definition) is 5. The van der Waals surface area contributed by atoms with Crippen LogP contribution in [0.15, 0.2) is 47.2 Å². The Morgan fingerprint density at radius 2 is 2.22 bits per heavy atom. The average molecular weight is 311 g/mol. The normalized spacial score (nSPS) is 10.5. The quantitative estimate of drug-likeness (QED) is 0.753. The first-order valence-electron chi connectivity index (χ1n) is 7.13. The summed E-state index contributed by atoms with van der Waals surface area (Å²) < 4.78 is 5.26. The Morgan fingerprint density at radius 1 is 1.35 bits per heavy atom. The van der Waals surface area contributed by atoms with Crippen molar-refractivity contribution >= 4 is 11.7 Å². The number of amides is 1. The van der Waals surface area contributed by atoms with Crippen LogP contribution in [0.1, 0.15) is 16.1 Å². The number of rotatable bonds is 5. The van der Waals surface area contributed by atoms with Gasteiger partial charge in [-0.2, -0.15) is 5.10 Å². The molecule has 0 fully saturated rings. The lowest BCUT2D eigenvalue weighted by Gasteiger charge is -2.11. The Bertz CT molecular complexity index is 775. The van der Waals surface area contributed by atoms with Crippen LogP contribution in [-0.4, -0.2) is 35.2 Å². The molecule has 0 aromatic carbocycles. The number of H-pyrrole nitrogens is 1. The summed E-state index contributed by atoms with van der Waals surface area (Å²) in [7, 11) is 3.86. The zero-order valence-corrected chi connectivity index (χ0v) is 12.9. The van der Waals surface area contributed by atoms with E-state index in [2.05, 4.69) is 20.5 Å². The van der Waals surface area contributed by atoms with Crippen molar-refractivity contribution in [3.8, 4) is 11.5 Å². The second-order valence-corrected chi connectivity index (χ2v) is 5.25. The minimum Gasteiger partial charge on any atom is -0.463 e. The SMILES string of the molecule is CN(C)c1ccc(CNC(=O)c2cc(-c3ccco3)[nH]n2)cn1. The van der Waals surface area contributed by atoms with Gasteiger partial charge in [0.15, 0.2) is 11.5 Å². The largest absolute Gasteiger partial charge is 0.463 e. The predicted octanol–water partition coefficient (Wildman–Crippen LogP) is 2.06. The van der Waals surface area contributed by atoms with Crippen LogP contribution in [0.5, 0.6) is 0 Å². The van der Waals surface area contributed by atoms with Crippen molar-refractivity contribution < 1.29 is 9.21 Å². The molecule has 118 valence electrons. The number of nitrogens with one attached hydrogen (secondary N) is 2. The molecule has 7 nitrogen and oxygen atoms in total. The van der Waals surface area contributed by atoms with E-state index in [0.717, 1.165) is 11.4 Å². The lowest BCUT2D eigenvalue weighted by molar-refractivity contribution is 0.0946. The molecular weight excluding hydrogens is 294 g/mol. The summed E-state index contributed by atoms with van der Waals surface area (Å²) in [5.41, 5.74) is 1.90. The maximum atomic E-state index is 12.1. The molecule has 7 heteroatoms.